The van der Waals surface area contributed by atoms with Crippen molar-refractivity contribution in [3.05, 3.63) is 29.8 Å². The molecule has 112 valence electrons. The molecule has 4 nitrogen and oxygen atoms in total. The third kappa shape index (κ3) is 3.22. The van der Waals surface area contributed by atoms with Crippen molar-refractivity contribution in [2.75, 3.05) is 0 Å². The topological polar surface area (TPSA) is 72.2 Å². The van der Waals surface area contributed by atoms with Gasteiger partial charge >= 0.3 is 0 Å². The number of sulfonamides is 1. The van der Waals surface area contributed by atoms with E-state index in [1.165, 1.54) is 0 Å². The van der Waals surface area contributed by atoms with E-state index in [-0.39, 0.29) is 12.1 Å². The summed E-state index contributed by atoms with van der Waals surface area (Å²) in [4.78, 5) is 0.314. The van der Waals surface area contributed by atoms with Gasteiger partial charge in [-0.2, -0.15) is 0 Å². The summed E-state index contributed by atoms with van der Waals surface area (Å²) in [6.07, 6.45) is 2.00. The van der Waals surface area contributed by atoms with Crippen LogP contribution in [-0.2, 0) is 10.0 Å². The summed E-state index contributed by atoms with van der Waals surface area (Å²) in [7, 11) is -3.43. The van der Waals surface area contributed by atoms with Crippen molar-refractivity contribution in [1.29, 1.82) is 0 Å². The van der Waals surface area contributed by atoms with Crippen molar-refractivity contribution in [3.63, 3.8) is 0 Å². The molecule has 0 bridgehead atoms. The van der Waals surface area contributed by atoms with Crippen molar-refractivity contribution in [3.8, 4) is 0 Å². The van der Waals surface area contributed by atoms with Crippen molar-refractivity contribution < 1.29 is 8.42 Å². The standard InChI is InChI=1S/C15H24N2O2S/c1-10-4-9-15(11(10)2)17-20(18,19)14-7-5-13(6-8-14)12(3)16/h5-8,10-12,15,17H,4,9,16H2,1-3H3. The van der Waals surface area contributed by atoms with E-state index in [1.54, 1.807) is 24.3 Å². The predicted octanol–water partition coefficient (Wildman–Crippen LogP) is 2.42. The van der Waals surface area contributed by atoms with Gasteiger partial charge in [0.15, 0.2) is 0 Å². The Balaban J connectivity index is 2.14. The predicted molar refractivity (Wildman–Crippen MR) is 80.7 cm³/mol. The number of nitrogens with one attached hydrogen (secondary N) is 1. The monoisotopic (exact) mass is 296 g/mol. The summed E-state index contributed by atoms with van der Waals surface area (Å²) in [5.41, 5.74) is 6.71. The number of nitrogens with two attached hydrogens (primary N) is 1. The van der Waals surface area contributed by atoms with Crippen molar-refractivity contribution >= 4 is 10.0 Å². The zero-order chi connectivity index (χ0) is 14.9. The van der Waals surface area contributed by atoms with Gasteiger partial charge in [-0.25, -0.2) is 13.1 Å². The second-order valence-corrected chi connectivity index (χ2v) is 7.71. The lowest BCUT2D eigenvalue weighted by Gasteiger charge is -2.19. The minimum Gasteiger partial charge on any atom is -0.324 e. The minimum absolute atomic E-state index is 0.0445. The third-order valence-corrected chi connectivity index (χ3v) is 5.99. The van der Waals surface area contributed by atoms with Crippen molar-refractivity contribution in [1.82, 2.24) is 4.72 Å². The molecule has 1 aromatic carbocycles. The quantitative estimate of drug-likeness (QED) is 0.896. The van der Waals surface area contributed by atoms with E-state index in [1.807, 2.05) is 6.92 Å². The normalized spacial score (nSPS) is 28.5. The van der Waals surface area contributed by atoms with Crippen LogP contribution in [0.3, 0.4) is 0 Å². The van der Waals surface area contributed by atoms with Gasteiger partial charge in [0.25, 0.3) is 0 Å². The largest absolute Gasteiger partial charge is 0.324 e. The molecule has 0 saturated heterocycles. The summed E-state index contributed by atoms with van der Waals surface area (Å²) in [6.45, 7) is 6.17. The first-order chi connectivity index (χ1) is 9.31. The van der Waals surface area contributed by atoms with Gasteiger partial charge in [-0.1, -0.05) is 26.0 Å². The van der Waals surface area contributed by atoms with E-state index in [2.05, 4.69) is 18.6 Å². The van der Waals surface area contributed by atoms with Crippen LogP contribution in [0.5, 0.6) is 0 Å². The summed E-state index contributed by atoms with van der Waals surface area (Å²) < 4.78 is 27.6. The number of rotatable bonds is 4. The SMILES string of the molecule is CC(N)c1ccc(S(=O)(=O)NC2CCC(C)C2C)cc1. The highest BCUT2D eigenvalue weighted by atomic mass is 32.2. The zero-order valence-electron chi connectivity index (χ0n) is 12.3. The highest BCUT2D eigenvalue weighted by molar-refractivity contribution is 7.89. The molecule has 1 fully saturated rings. The van der Waals surface area contributed by atoms with Crippen LogP contribution in [0.2, 0.25) is 0 Å². The van der Waals surface area contributed by atoms with E-state index < -0.39 is 10.0 Å². The molecule has 0 amide bonds. The molecule has 4 atom stereocenters. The summed E-state index contributed by atoms with van der Waals surface area (Å²) >= 11 is 0. The highest BCUT2D eigenvalue weighted by Gasteiger charge is 2.32. The maximum absolute atomic E-state index is 12.4. The summed E-state index contributed by atoms with van der Waals surface area (Å²) in [6, 6.07) is 6.77. The van der Waals surface area contributed by atoms with Crippen LogP contribution in [-0.4, -0.2) is 14.5 Å². The van der Waals surface area contributed by atoms with E-state index in [0.29, 0.717) is 16.7 Å². The summed E-state index contributed by atoms with van der Waals surface area (Å²) in [5.74, 6) is 0.955. The van der Waals surface area contributed by atoms with Crippen LogP contribution in [0.1, 0.15) is 45.2 Å². The Morgan fingerprint density at radius 1 is 1.20 bits per heavy atom. The van der Waals surface area contributed by atoms with Crippen LogP contribution in [0.25, 0.3) is 0 Å². The molecule has 20 heavy (non-hydrogen) atoms. The molecule has 0 aromatic heterocycles. The molecule has 1 saturated carbocycles. The van der Waals surface area contributed by atoms with Crippen LogP contribution >= 0.6 is 0 Å². The van der Waals surface area contributed by atoms with Crippen molar-refractivity contribution in [2.45, 2.75) is 50.6 Å². The molecule has 0 spiro atoms. The van der Waals surface area contributed by atoms with Gasteiger partial charge in [0.1, 0.15) is 0 Å². The van der Waals surface area contributed by atoms with E-state index in [9.17, 15) is 8.42 Å². The first-order valence-electron chi connectivity index (χ1n) is 7.19. The van der Waals surface area contributed by atoms with E-state index >= 15 is 0 Å². The third-order valence-electron chi connectivity index (χ3n) is 4.49. The van der Waals surface area contributed by atoms with Gasteiger partial charge in [-0.3, -0.25) is 0 Å². The molecule has 2 rings (SSSR count). The van der Waals surface area contributed by atoms with Crippen LogP contribution in [0, 0.1) is 11.8 Å². The average molecular weight is 296 g/mol. The molecular formula is C15H24N2O2S. The van der Waals surface area contributed by atoms with Gasteiger partial charge in [-0.15, -0.1) is 0 Å². The van der Waals surface area contributed by atoms with Gasteiger partial charge in [0, 0.05) is 12.1 Å². The van der Waals surface area contributed by atoms with Gasteiger partial charge in [-0.05, 0) is 49.3 Å². The Hall–Kier alpha value is -0.910. The lowest BCUT2D eigenvalue weighted by molar-refractivity contribution is 0.402. The number of hydrogen-bond acceptors (Lipinski definition) is 3. The smallest absolute Gasteiger partial charge is 0.240 e. The first kappa shape index (κ1) is 15.5. The Morgan fingerprint density at radius 2 is 1.80 bits per heavy atom. The summed E-state index contributed by atoms with van der Waals surface area (Å²) in [5, 5.41) is 0. The lowest BCUT2D eigenvalue weighted by atomic mass is 9.98. The van der Waals surface area contributed by atoms with Crippen LogP contribution in [0.15, 0.2) is 29.2 Å². The zero-order valence-corrected chi connectivity index (χ0v) is 13.2. The molecule has 0 heterocycles. The maximum Gasteiger partial charge on any atom is 0.240 e. The minimum atomic E-state index is -3.43. The Kier molecular flexibility index (Phi) is 4.52. The molecular weight excluding hydrogens is 272 g/mol. The van der Waals surface area contributed by atoms with Gasteiger partial charge < -0.3 is 5.73 Å². The van der Waals surface area contributed by atoms with Crippen LogP contribution < -0.4 is 10.5 Å². The van der Waals surface area contributed by atoms with Crippen molar-refractivity contribution in [2.24, 2.45) is 17.6 Å². The average Bonchev–Trinajstić information content (AvgIpc) is 2.70. The fraction of sp³-hybridized carbons (Fsp3) is 0.600. The second kappa shape index (κ2) is 5.84. The molecule has 4 unspecified atom stereocenters. The van der Waals surface area contributed by atoms with E-state index in [0.717, 1.165) is 18.4 Å². The Labute approximate surface area is 121 Å². The molecule has 1 aliphatic carbocycles. The Bertz CT molecular complexity index is 552. The fourth-order valence-electron chi connectivity index (χ4n) is 2.75. The maximum atomic E-state index is 12.4. The van der Waals surface area contributed by atoms with Gasteiger partial charge in [0.2, 0.25) is 10.0 Å². The fourth-order valence-corrected chi connectivity index (χ4v) is 4.11. The van der Waals surface area contributed by atoms with Gasteiger partial charge in [0.05, 0.1) is 4.90 Å². The first-order valence-corrected chi connectivity index (χ1v) is 8.67. The lowest BCUT2D eigenvalue weighted by Crippen LogP contribution is -2.37. The number of benzene rings is 1. The Morgan fingerprint density at radius 3 is 2.25 bits per heavy atom. The molecule has 5 heteroatoms. The molecule has 0 aliphatic heterocycles. The molecule has 0 radical (unpaired) electrons. The van der Waals surface area contributed by atoms with Crippen LogP contribution in [0.4, 0.5) is 0 Å². The second-order valence-electron chi connectivity index (χ2n) is 6.00. The molecule has 3 N–H and O–H groups in total. The van der Waals surface area contributed by atoms with E-state index in [4.69, 9.17) is 5.73 Å². The molecule has 1 aliphatic rings. The molecule has 1 aromatic rings. The highest BCUT2D eigenvalue weighted by Crippen LogP contribution is 2.32. The number of hydrogen-bond donors (Lipinski definition) is 2.